The Morgan fingerprint density at radius 2 is 1.88 bits per heavy atom. The van der Waals surface area contributed by atoms with Crippen molar-refractivity contribution in [3.05, 3.63) is 33.4 Å². The minimum atomic E-state index is 0.122. The summed E-state index contributed by atoms with van der Waals surface area (Å²) in [6.45, 7) is 5.95. The van der Waals surface area contributed by atoms with E-state index in [0.29, 0.717) is 0 Å². The minimum absolute atomic E-state index is 0.122. The van der Waals surface area contributed by atoms with Gasteiger partial charge in [0.2, 0.25) is 0 Å². The van der Waals surface area contributed by atoms with E-state index in [9.17, 15) is 4.79 Å². The zero-order valence-corrected chi connectivity index (χ0v) is 15.8. The van der Waals surface area contributed by atoms with Crippen molar-refractivity contribution in [2.24, 2.45) is 7.05 Å². The molecule has 24 heavy (non-hydrogen) atoms. The third-order valence-corrected chi connectivity index (χ3v) is 6.13. The first kappa shape index (κ1) is 17.6. The minimum Gasteiger partial charge on any atom is -0.305 e. The van der Waals surface area contributed by atoms with Gasteiger partial charge in [-0.1, -0.05) is 30.2 Å². The maximum atomic E-state index is 11.7. The van der Waals surface area contributed by atoms with Gasteiger partial charge in [-0.05, 0) is 57.1 Å². The first-order valence-electron chi connectivity index (χ1n) is 9.13. The molecule has 0 bridgehead atoms. The summed E-state index contributed by atoms with van der Waals surface area (Å²) < 4.78 is 2.84. The predicted molar refractivity (Wildman–Crippen MR) is 103 cm³/mol. The molecule has 0 saturated carbocycles. The van der Waals surface area contributed by atoms with Gasteiger partial charge in [0.15, 0.2) is 0 Å². The molecule has 1 aliphatic heterocycles. The summed E-state index contributed by atoms with van der Waals surface area (Å²) in [6, 6.07) is 6.43. The molecular weight excluding hydrogens is 318 g/mol. The van der Waals surface area contributed by atoms with Crippen LogP contribution in [0.1, 0.15) is 31.2 Å². The normalized spacial score (nSPS) is 16.8. The summed E-state index contributed by atoms with van der Waals surface area (Å²) in [5.41, 5.74) is 2.37. The monoisotopic (exact) mass is 347 g/mol. The molecule has 5 heteroatoms. The fourth-order valence-corrected chi connectivity index (χ4v) is 4.38. The first-order valence-corrected chi connectivity index (χ1v) is 9.94. The Hall–Kier alpha value is -1.17. The van der Waals surface area contributed by atoms with Crippen LogP contribution in [0.2, 0.25) is 0 Å². The largest absolute Gasteiger partial charge is 0.307 e. The Kier molecular flexibility index (Phi) is 6.09. The van der Waals surface area contributed by atoms with Crippen LogP contribution in [0.5, 0.6) is 0 Å². The van der Waals surface area contributed by atoms with Crippen LogP contribution >= 0.6 is 11.3 Å². The van der Waals surface area contributed by atoms with Crippen molar-refractivity contribution < 1.29 is 0 Å². The fourth-order valence-electron chi connectivity index (χ4n) is 3.44. The summed E-state index contributed by atoms with van der Waals surface area (Å²) in [7, 11) is 4.06. The van der Waals surface area contributed by atoms with Crippen LogP contribution in [0.15, 0.2) is 23.0 Å². The van der Waals surface area contributed by atoms with Gasteiger partial charge in [0.25, 0.3) is 0 Å². The van der Waals surface area contributed by atoms with E-state index in [1.54, 1.807) is 4.57 Å². The first-order chi connectivity index (χ1) is 11.6. The number of benzene rings is 1. The summed E-state index contributed by atoms with van der Waals surface area (Å²) in [5, 5.41) is 0. The molecule has 0 aliphatic carbocycles. The summed E-state index contributed by atoms with van der Waals surface area (Å²) in [4.78, 5) is 16.9. The van der Waals surface area contributed by atoms with Crippen molar-refractivity contribution in [3.8, 4) is 0 Å². The highest BCUT2D eigenvalue weighted by atomic mass is 32.1. The van der Waals surface area contributed by atoms with E-state index in [-0.39, 0.29) is 4.87 Å². The third-order valence-electron chi connectivity index (χ3n) is 5.14. The molecule has 0 atom stereocenters. The second-order valence-corrected chi connectivity index (χ2v) is 8.03. The highest BCUT2D eigenvalue weighted by Crippen LogP contribution is 2.18. The maximum absolute atomic E-state index is 11.7. The van der Waals surface area contributed by atoms with Gasteiger partial charge in [-0.25, -0.2) is 0 Å². The van der Waals surface area contributed by atoms with Gasteiger partial charge >= 0.3 is 4.87 Å². The van der Waals surface area contributed by atoms with Crippen molar-refractivity contribution in [3.63, 3.8) is 0 Å². The zero-order valence-electron chi connectivity index (χ0n) is 15.0. The number of hydrogen-bond acceptors (Lipinski definition) is 4. The zero-order chi connectivity index (χ0) is 16.9. The molecule has 4 nitrogen and oxygen atoms in total. The highest BCUT2D eigenvalue weighted by molar-refractivity contribution is 7.16. The van der Waals surface area contributed by atoms with Gasteiger partial charge in [0.1, 0.15) is 0 Å². The maximum Gasteiger partial charge on any atom is 0.307 e. The summed E-state index contributed by atoms with van der Waals surface area (Å²) in [5.74, 6) is 0. The molecule has 0 radical (unpaired) electrons. The molecule has 3 rings (SSSR count). The molecule has 2 heterocycles. The van der Waals surface area contributed by atoms with E-state index in [0.717, 1.165) is 29.7 Å². The van der Waals surface area contributed by atoms with E-state index >= 15 is 0 Å². The number of aromatic nitrogens is 1. The SMILES string of the molecule is CN(CCc1ccc2c(c1)sc(=O)n2C)CCN1CCCCCC1. The van der Waals surface area contributed by atoms with Gasteiger partial charge in [-0.15, -0.1) is 0 Å². The van der Waals surface area contributed by atoms with Crippen LogP contribution in [0.25, 0.3) is 10.2 Å². The molecule has 0 unspecified atom stereocenters. The molecule has 0 amide bonds. The van der Waals surface area contributed by atoms with Crippen LogP contribution < -0.4 is 4.87 Å². The molecule has 0 N–H and O–H groups in total. The van der Waals surface area contributed by atoms with Gasteiger partial charge in [-0.2, -0.15) is 0 Å². The lowest BCUT2D eigenvalue weighted by molar-refractivity contribution is 0.232. The number of nitrogens with zero attached hydrogens (tertiary/aromatic N) is 3. The van der Waals surface area contributed by atoms with Crippen LogP contribution in [0.3, 0.4) is 0 Å². The van der Waals surface area contributed by atoms with Crippen molar-refractivity contribution in [1.29, 1.82) is 0 Å². The molecule has 2 aromatic rings. The number of hydrogen-bond donors (Lipinski definition) is 0. The molecule has 1 aromatic carbocycles. The predicted octanol–water partition coefficient (Wildman–Crippen LogP) is 2.95. The number of likely N-dealkylation sites (N-methyl/N-ethyl adjacent to an activating group) is 1. The van der Waals surface area contributed by atoms with E-state index < -0.39 is 0 Å². The van der Waals surface area contributed by atoms with Crippen LogP contribution in [0.4, 0.5) is 0 Å². The molecular formula is C19H29N3OS. The third kappa shape index (κ3) is 4.47. The lowest BCUT2D eigenvalue weighted by atomic mass is 10.1. The number of thiazole rings is 1. The van der Waals surface area contributed by atoms with E-state index in [2.05, 4.69) is 35.0 Å². The summed E-state index contributed by atoms with van der Waals surface area (Å²) >= 11 is 1.35. The lowest BCUT2D eigenvalue weighted by Crippen LogP contribution is -2.34. The van der Waals surface area contributed by atoms with Crippen LogP contribution in [0, 0.1) is 0 Å². The Labute approximate surface area is 148 Å². The second-order valence-electron chi connectivity index (χ2n) is 7.04. The van der Waals surface area contributed by atoms with Gasteiger partial charge in [-0.3, -0.25) is 4.79 Å². The van der Waals surface area contributed by atoms with Gasteiger partial charge in [0, 0.05) is 26.7 Å². The van der Waals surface area contributed by atoms with Crippen molar-refractivity contribution in [2.75, 3.05) is 39.8 Å². The lowest BCUT2D eigenvalue weighted by Gasteiger charge is -2.24. The molecule has 1 saturated heterocycles. The molecule has 1 fully saturated rings. The Balaban J connectivity index is 1.48. The number of likely N-dealkylation sites (tertiary alicyclic amines) is 1. The molecule has 0 spiro atoms. The Morgan fingerprint density at radius 1 is 1.12 bits per heavy atom. The van der Waals surface area contributed by atoms with Crippen molar-refractivity contribution in [1.82, 2.24) is 14.4 Å². The molecule has 1 aliphatic rings. The number of aryl methyl sites for hydroxylation is 1. The number of rotatable bonds is 6. The highest BCUT2D eigenvalue weighted by Gasteiger charge is 2.10. The Morgan fingerprint density at radius 3 is 2.62 bits per heavy atom. The Bertz CT molecular complexity index is 713. The van der Waals surface area contributed by atoms with Crippen LogP contribution in [-0.4, -0.2) is 54.1 Å². The van der Waals surface area contributed by atoms with Crippen LogP contribution in [-0.2, 0) is 13.5 Å². The van der Waals surface area contributed by atoms with Gasteiger partial charge in [0.05, 0.1) is 10.2 Å². The quantitative estimate of drug-likeness (QED) is 0.804. The van der Waals surface area contributed by atoms with Gasteiger partial charge < -0.3 is 14.4 Å². The van der Waals surface area contributed by atoms with Crippen molar-refractivity contribution >= 4 is 21.6 Å². The average Bonchev–Trinajstić information content (AvgIpc) is 2.77. The molecule has 1 aromatic heterocycles. The standard InChI is InChI=1S/C19H29N3OS/c1-20(13-14-22-10-5-3-4-6-11-22)12-9-16-7-8-17-18(15-16)24-19(23)21(17)2/h7-8,15H,3-6,9-14H2,1-2H3. The van der Waals surface area contributed by atoms with E-state index in [1.807, 2.05) is 7.05 Å². The average molecular weight is 348 g/mol. The van der Waals surface area contributed by atoms with E-state index in [1.165, 1.54) is 62.2 Å². The smallest absolute Gasteiger partial charge is 0.305 e. The number of fused-ring (bicyclic) bond motifs is 1. The topological polar surface area (TPSA) is 28.5 Å². The van der Waals surface area contributed by atoms with E-state index in [4.69, 9.17) is 0 Å². The van der Waals surface area contributed by atoms with Crippen molar-refractivity contribution in [2.45, 2.75) is 32.1 Å². The molecule has 132 valence electrons. The fraction of sp³-hybridized carbons (Fsp3) is 0.632. The summed E-state index contributed by atoms with van der Waals surface area (Å²) in [6.07, 6.45) is 6.58. The second kappa shape index (κ2) is 8.28.